The standard InChI is InChI=1S/C17H15ClO4S/c1-10-3-8-15(17-14(19)9-11(2)16(10)17)22-23(20,21)13-6-4-12(18)5-7-13/h3-8,11H,9H2,1-2H3. The molecule has 1 aliphatic rings. The van der Waals surface area contributed by atoms with Gasteiger partial charge in [-0.3, -0.25) is 4.79 Å². The summed E-state index contributed by atoms with van der Waals surface area (Å²) < 4.78 is 30.1. The molecule has 0 fully saturated rings. The number of hydrogen-bond acceptors (Lipinski definition) is 4. The van der Waals surface area contributed by atoms with Gasteiger partial charge in [-0.2, -0.15) is 8.42 Å². The van der Waals surface area contributed by atoms with Gasteiger partial charge in [-0.05, 0) is 54.3 Å². The van der Waals surface area contributed by atoms with Crippen LogP contribution in [0.3, 0.4) is 0 Å². The number of rotatable bonds is 3. The molecule has 1 atom stereocenters. The topological polar surface area (TPSA) is 60.4 Å². The largest absolute Gasteiger partial charge is 0.378 e. The van der Waals surface area contributed by atoms with Gasteiger partial charge in [0.15, 0.2) is 11.5 Å². The van der Waals surface area contributed by atoms with E-state index in [1.807, 2.05) is 13.8 Å². The van der Waals surface area contributed by atoms with Gasteiger partial charge in [0.25, 0.3) is 0 Å². The van der Waals surface area contributed by atoms with Crippen molar-refractivity contribution in [2.45, 2.75) is 31.1 Å². The molecule has 0 radical (unpaired) electrons. The molecule has 0 spiro atoms. The van der Waals surface area contributed by atoms with Crippen molar-refractivity contribution in [2.75, 3.05) is 0 Å². The summed E-state index contributed by atoms with van der Waals surface area (Å²) in [6.45, 7) is 3.86. The van der Waals surface area contributed by atoms with Gasteiger partial charge in [0.05, 0.1) is 5.56 Å². The zero-order valence-electron chi connectivity index (χ0n) is 12.7. The summed E-state index contributed by atoms with van der Waals surface area (Å²) in [5, 5.41) is 0.434. The molecule has 1 unspecified atom stereocenters. The molecular weight excluding hydrogens is 336 g/mol. The predicted molar refractivity (Wildman–Crippen MR) is 87.8 cm³/mol. The average Bonchev–Trinajstić information content (AvgIpc) is 2.78. The summed E-state index contributed by atoms with van der Waals surface area (Å²) in [6.07, 6.45) is 0.373. The summed E-state index contributed by atoms with van der Waals surface area (Å²) >= 11 is 5.77. The van der Waals surface area contributed by atoms with Gasteiger partial charge in [0.2, 0.25) is 0 Å². The van der Waals surface area contributed by atoms with Crippen molar-refractivity contribution in [3.63, 3.8) is 0 Å². The quantitative estimate of drug-likeness (QED) is 0.782. The number of ketones is 1. The molecule has 0 N–H and O–H groups in total. The third-order valence-electron chi connectivity index (χ3n) is 3.99. The summed E-state index contributed by atoms with van der Waals surface area (Å²) in [4.78, 5) is 12.2. The molecule has 6 heteroatoms. The van der Waals surface area contributed by atoms with Crippen LogP contribution in [-0.4, -0.2) is 14.2 Å². The fourth-order valence-corrected chi connectivity index (χ4v) is 4.01. The Bertz CT molecular complexity index is 886. The molecule has 4 nitrogen and oxygen atoms in total. The van der Waals surface area contributed by atoms with Crippen molar-refractivity contribution in [2.24, 2.45) is 0 Å². The number of halogens is 1. The Morgan fingerprint density at radius 3 is 2.43 bits per heavy atom. The van der Waals surface area contributed by atoms with E-state index in [1.165, 1.54) is 30.3 Å². The third-order valence-corrected chi connectivity index (χ3v) is 5.49. The minimum atomic E-state index is -4.02. The molecule has 2 aromatic rings. The maximum atomic E-state index is 12.4. The van der Waals surface area contributed by atoms with Crippen LogP contribution in [0, 0.1) is 6.92 Å². The van der Waals surface area contributed by atoms with Crippen LogP contribution < -0.4 is 4.18 Å². The number of fused-ring (bicyclic) bond motifs is 1. The van der Waals surface area contributed by atoms with E-state index in [0.29, 0.717) is 17.0 Å². The Morgan fingerprint density at radius 2 is 1.78 bits per heavy atom. The highest BCUT2D eigenvalue weighted by Gasteiger charge is 2.32. The molecule has 0 heterocycles. The van der Waals surface area contributed by atoms with Crippen molar-refractivity contribution >= 4 is 27.5 Å². The maximum absolute atomic E-state index is 12.4. The van der Waals surface area contributed by atoms with Crippen molar-refractivity contribution in [1.29, 1.82) is 0 Å². The highest BCUT2D eigenvalue weighted by molar-refractivity contribution is 7.87. The number of carbonyl (C=O) groups excluding carboxylic acids is 1. The van der Waals surface area contributed by atoms with Gasteiger partial charge >= 0.3 is 10.1 Å². The normalized spacial score (nSPS) is 17.2. The summed E-state index contributed by atoms with van der Waals surface area (Å²) in [7, 11) is -4.02. The molecule has 0 saturated heterocycles. The molecule has 0 amide bonds. The molecule has 1 aliphatic carbocycles. The third kappa shape index (κ3) is 2.86. The van der Waals surface area contributed by atoms with E-state index in [2.05, 4.69) is 0 Å². The predicted octanol–water partition coefficient (Wildman–Crippen LogP) is 4.11. The first-order valence-corrected chi connectivity index (χ1v) is 8.95. The van der Waals surface area contributed by atoms with Gasteiger partial charge < -0.3 is 4.18 Å². The van der Waals surface area contributed by atoms with Crippen molar-refractivity contribution in [3.05, 3.63) is 58.1 Å². The summed E-state index contributed by atoms with van der Waals surface area (Å²) in [6, 6.07) is 9.01. The van der Waals surface area contributed by atoms with E-state index >= 15 is 0 Å². The van der Waals surface area contributed by atoms with E-state index in [4.69, 9.17) is 15.8 Å². The monoisotopic (exact) mass is 350 g/mol. The van der Waals surface area contributed by atoms with E-state index in [9.17, 15) is 13.2 Å². The van der Waals surface area contributed by atoms with Crippen LogP contribution in [0.1, 0.15) is 40.7 Å². The second-order valence-electron chi connectivity index (χ2n) is 5.69. The Balaban J connectivity index is 2.05. The molecule has 23 heavy (non-hydrogen) atoms. The van der Waals surface area contributed by atoms with E-state index in [-0.39, 0.29) is 22.3 Å². The van der Waals surface area contributed by atoms with E-state index < -0.39 is 10.1 Å². The Hall–Kier alpha value is -1.85. The van der Waals surface area contributed by atoms with Crippen LogP contribution >= 0.6 is 11.6 Å². The van der Waals surface area contributed by atoms with Crippen molar-refractivity contribution < 1.29 is 17.4 Å². The number of hydrogen-bond donors (Lipinski definition) is 0. The average molecular weight is 351 g/mol. The summed E-state index contributed by atoms with van der Waals surface area (Å²) in [5.41, 5.74) is 2.23. The van der Waals surface area contributed by atoms with E-state index in [1.54, 1.807) is 6.07 Å². The zero-order chi connectivity index (χ0) is 16.8. The fraction of sp³-hybridized carbons (Fsp3) is 0.235. The molecule has 120 valence electrons. The molecule has 2 aromatic carbocycles. The lowest BCUT2D eigenvalue weighted by atomic mass is 9.98. The number of aryl methyl sites for hydroxylation is 1. The van der Waals surface area contributed by atoms with Crippen molar-refractivity contribution in [3.8, 4) is 5.75 Å². The second kappa shape index (κ2) is 5.65. The van der Waals surface area contributed by atoms with Gasteiger partial charge in [-0.25, -0.2) is 0 Å². The molecule has 3 rings (SSSR count). The van der Waals surface area contributed by atoms with Crippen LogP contribution in [0.2, 0.25) is 5.02 Å². The maximum Gasteiger partial charge on any atom is 0.339 e. The van der Waals surface area contributed by atoms with Crippen LogP contribution in [0.25, 0.3) is 0 Å². The van der Waals surface area contributed by atoms with Gasteiger partial charge in [-0.1, -0.05) is 24.6 Å². The van der Waals surface area contributed by atoms with Gasteiger partial charge in [0, 0.05) is 11.4 Å². The highest BCUT2D eigenvalue weighted by Crippen LogP contribution is 2.40. The lowest BCUT2D eigenvalue weighted by Crippen LogP contribution is -2.12. The zero-order valence-corrected chi connectivity index (χ0v) is 14.2. The van der Waals surface area contributed by atoms with E-state index in [0.717, 1.165) is 11.1 Å². The minimum Gasteiger partial charge on any atom is -0.378 e. The first kappa shape index (κ1) is 16.0. The van der Waals surface area contributed by atoms with Crippen LogP contribution in [0.4, 0.5) is 0 Å². The Kier molecular flexibility index (Phi) is 3.94. The summed E-state index contributed by atoms with van der Waals surface area (Å²) in [5.74, 6) is 0.0756. The number of benzene rings is 2. The lowest BCUT2D eigenvalue weighted by molar-refractivity contribution is 0.0989. The fourth-order valence-electron chi connectivity index (χ4n) is 2.95. The molecular formula is C17H15ClO4S. The molecule has 0 aromatic heterocycles. The van der Waals surface area contributed by atoms with Gasteiger partial charge in [-0.15, -0.1) is 0 Å². The van der Waals surface area contributed by atoms with Crippen LogP contribution in [0.15, 0.2) is 41.3 Å². The second-order valence-corrected chi connectivity index (χ2v) is 7.67. The Labute approximate surface area is 140 Å². The Morgan fingerprint density at radius 1 is 1.13 bits per heavy atom. The highest BCUT2D eigenvalue weighted by atomic mass is 35.5. The molecule has 0 bridgehead atoms. The SMILES string of the molecule is Cc1ccc(OS(=O)(=O)c2ccc(Cl)cc2)c2c1C(C)CC2=O. The first-order chi connectivity index (χ1) is 10.8. The first-order valence-electron chi connectivity index (χ1n) is 7.16. The lowest BCUT2D eigenvalue weighted by Gasteiger charge is -2.13. The van der Waals surface area contributed by atoms with Gasteiger partial charge in [0.1, 0.15) is 4.90 Å². The smallest absolute Gasteiger partial charge is 0.339 e. The van der Waals surface area contributed by atoms with Crippen LogP contribution in [-0.2, 0) is 10.1 Å². The number of carbonyl (C=O) groups is 1. The molecule has 0 saturated carbocycles. The number of Topliss-reactive ketones (excluding diaryl/α,β-unsaturated/α-hetero) is 1. The van der Waals surface area contributed by atoms with Crippen LogP contribution in [0.5, 0.6) is 5.75 Å². The minimum absolute atomic E-state index is 0.00489. The van der Waals surface area contributed by atoms with Crippen molar-refractivity contribution in [1.82, 2.24) is 0 Å². The molecule has 0 aliphatic heterocycles.